The molecule has 1 saturated heterocycles. The average molecular weight is 376 g/mol. The Kier molecular flexibility index (Phi) is 4.85. The van der Waals surface area contributed by atoms with Crippen LogP contribution in [0, 0.1) is 5.41 Å². The summed E-state index contributed by atoms with van der Waals surface area (Å²) in [7, 11) is 0. The van der Waals surface area contributed by atoms with E-state index in [1.165, 1.54) is 5.56 Å². The molecule has 1 unspecified atom stereocenters. The normalized spacial score (nSPS) is 27.7. The van der Waals surface area contributed by atoms with Crippen LogP contribution >= 0.6 is 34.8 Å². The summed E-state index contributed by atoms with van der Waals surface area (Å²) in [6, 6.07) is 8.18. The van der Waals surface area contributed by atoms with E-state index in [0.717, 1.165) is 37.5 Å². The molecule has 1 amide bonds. The number of piperidine rings is 1. The molecule has 2 fully saturated rings. The van der Waals surface area contributed by atoms with Crippen LogP contribution in [-0.4, -0.2) is 34.3 Å². The van der Waals surface area contributed by atoms with Crippen molar-refractivity contribution in [3.05, 3.63) is 34.9 Å². The van der Waals surface area contributed by atoms with Crippen LogP contribution in [0.2, 0.25) is 5.02 Å². The molecule has 126 valence electrons. The molecule has 0 bridgehead atoms. The Morgan fingerprint density at radius 2 is 1.83 bits per heavy atom. The molecule has 1 aliphatic carbocycles. The molecule has 0 spiro atoms. The van der Waals surface area contributed by atoms with E-state index in [9.17, 15) is 4.79 Å². The number of amides is 1. The van der Waals surface area contributed by atoms with Gasteiger partial charge >= 0.3 is 0 Å². The van der Waals surface area contributed by atoms with E-state index >= 15 is 0 Å². The van der Waals surface area contributed by atoms with Gasteiger partial charge in [-0.05, 0) is 43.9 Å². The smallest absolute Gasteiger partial charge is 0.229 e. The number of hydrogen-bond acceptors (Lipinski definition) is 2. The summed E-state index contributed by atoms with van der Waals surface area (Å²) in [5.74, 6) is -0.0151. The number of hydrogen-bond donors (Lipinski definition) is 1. The molecule has 3 nitrogen and oxygen atoms in total. The lowest BCUT2D eigenvalue weighted by atomic mass is 10.0. The summed E-state index contributed by atoms with van der Waals surface area (Å²) in [5.41, 5.74) is 0.632. The minimum atomic E-state index is -0.896. The highest BCUT2D eigenvalue weighted by Gasteiger charge is 2.68. The fourth-order valence-corrected chi connectivity index (χ4v) is 3.91. The summed E-state index contributed by atoms with van der Waals surface area (Å²) < 4.78 is -0.896. The van der Waals surface area contributed by atoms with Crippen molar-refractivity contribution in [2.75, 3.05) is 13.1 Å². The van der Waals surface area contributed by atoms with Crippen LogP contribution < -0.4 is 5.32 Å². The van der Waals surface area contributed by atoms with Crippen LogP contribution in [0.1, 0.15) is 31.7 Å². The molecular formula is C17H21Cl3N2O. The van der Waals surface area contributed by atoms with E-state index in [0.29, 0.717) is 6.42 Å². The zero-order valence-electron chi connectivity index (χ0n) is 13.1. The van der Waals surface area contributed by atoms with Crippen LogP contribution in [0.4, 0.5) is 0 Å². The van der Waals surface area contributed by atoms with E-state index in [-0.39, 0.29) is 11.9 Å². The Bertz CT molecular complexity index is 582. The maximum atomic E-state index is 12.3. The van der Waals surface area contributed by atoms with Gasteiger partial charge in [0.05, 0.1) is 5.41 Å². The van der Waals surface area contributed by atoms with Gasteiger partial charge in [0.1, 0.15) is 4.33 Å². The van der Waals surface area contributed by atoms with Gasteiger partial charge in [0.2, 0.25) is 5.91 Å². The number of rotatable bonds is 4. The van der Waals surface area contributed by atoms with Crippen molar-refractivity contribution in [3.8, 4) is 0 Å². The molecule has 3 rings (SSSR count). The lowest BCUT2D eigenvalue weighted by molar-refractivity contribution is -0.126. The predicted octanol–water partition coefficient (Wildman–Crippen LogP) is 4.00. The molecule has 2 aliphatic rings. The van der Waals surface area contributed by atoms with Crippen molar-refractivity contribution in [3.63, 3.8) is 0 Å². The van der Waals surface area contributed by atoms with E-state index in [1.807, 2.05) is 19.1 Å². The zero-order valence-corrected chi connectivity index (χ0v) is 15.4. The van der Waals surface area contributed by atoms with Gasteiger partial charge in [0, 0.05) is 30.7 Å². The first-order chi connectivity index (χ1) is 10.8. The number of carbonyl (C=O) groups is 1. The summed E-state index contributed by atoms with van der Waals surface area (Å²) in [4.78, 5) is 14.7. The van der Waals surface area contributed by atoms with Crippen LogP contribution in [0.15, 0.2) is 24.3 Å². The largest absolute Gasteiger partial charge is 0.353 e. The maximum absolute atomic E-state index is 12.3. The van der Waals surface area contributed by atoms with Gasteiger partial charge in [-0.2, -0.15) is 0 Å². The third-order valence-electron chi connectivity index (χ3n) is 5.00. The minimum absolute atomic E-state index is 0.0151. The van der Waals surface area contributed by atoms with E-state index in [2.05, 4.69) is 22.3 Å². The number of carbonyl (C=O) groups excluding carboxylic acids is 1. The lowest BCUT2D eigenvalue weighted by Gasteiger charge is -2.33. The molecular weight excluding hydrogens is 355 g/mol. The van der Waals surface area contributed by atoms with Crippen molar-refractivity contribution >= 4 is 40.7 Å². The Morgan fingerprint density at radius 1 is 1.26 bits per heavy atom. The van der Waals surface area contributed by atoms with Gasteiger partial charge in [-0.25, -0.2) is 0 Å². The molecule has 0 radical (unpaired) electrons. The zero-order chi connectivity index (χ0) is 16.7. The second-order valence-electron chi connectivity index (χ2n) is 6.86. The third kappa shape index (κ3) is 3.79. The second kappa shape index (κ2) is 6.44. The molecule has 1 N–H and O–H groups in total. The first-order valence-corrected chi connectivity index (χ1v) is 9.09. The first kappa shape index (κ1) is 17.3. The molecule has 1 atom stereocenters. The van der Waals surface area contributed by atoms with Crippen molar-refractivity contribution in [2.24, 2.45) is 5.41 Å². The Hall–Kier alpha value is -0.480. The predicted molar refractivity (Wildman–Crippen MR) is 95.1 cm³/mol. The second-order valence-corrected chi connectivity index (χ2v) is 8.78. The number of nitrogens with zero attached hydrogens (tertiary/aromatic N) is 1. The summed E-state index contributed by atoms with van der Waals surface area (Å²) in [6.45, 7) is 4.69. The summed E-state index contributed by atoms with van der Waals surface area (Å²) in [5, 5.41) is 3.88. The van der Waals surface area contributed by atoms with Crippen LogP contribution in [0.25, 0.3) is 0 Å². The Morgan fingerprint density at radius 3 is 2.35 bits per heavy atom. The van der Waals surface area contributed by atoms with E-state index in [1.54, 1.807) is 0 Å². The SMILES string of the molecule is CC1(C(=O)NC2CCN(Cc3ccc(Cl)cc3)CC2)CC1(Cl)Cl. The summed E-state index contributed by atoms with van der Waals surface area (Å²) in [6.07, 6.45) is 2.43. The number of halogens is 3. The number of benzene rings is 1. The Labute approximate surface area is 152 Å². The van der Waals surface area contributed by atoms with Gasteiger partial charge in [0.15, 0.2) is 0 Å². The molecule has 1 aliphatic heterocycles. The van der Waals surface area contributed by atoms with Crippen molar-refractivity contribution in [1.82, 2.24) is 10.2 Å². The van der Waals surface area contributed by atoms with Crippen molar-refractivity contribution in [1.29, 1.82) is 0 Å². The van der Waals surface area contributed by atoms with Gasteiger partial charge in [-0.3, -0.25) is 9.69 Å². The fourth-order valence-electron chi connectivity index (χ4n) is 3.07. The van der Waals surface area contributed by atoms with Crippen molar-refractivity contribution < 1.29 is 4.79 Å². The van der Waals surface area contributed by atoms with Crippen LogP contribution in [-0.2, 0) is 11.3 Å². The maximum Gasteiger partial charge on any atom is 0.229 e. The first-order valence-electron chi connectivity index (χ1n) is 7.96. The number of nitrogens with one attached hydrogen (secondary N) is 1. The molecule has 1 aromatic carbocycles. The highest BCUT2D eigenvalue weighted by molar-refractivity contribution is 6.53. The molecule has 1 heterocycles. The van der Waals surface area contributed by atoms with Gasteiger partial charge < -0.3 is 5.32 Å². The van der Waals surface area contributed by atoms with E-state index in [4.69, 9.17) is 34.8 Å². The topological polar surface area (TPSA) is 32.3 Å². The molecule has 1 saturated carbocycles. The minimum Gasteiger partial charge on any atom is -0.353 e. The molecule has 23 heavy (non-hydrogen) atoms. The highest BCUT2D eigenvalue weighted by atomic mass is 35.5. The number of likely N-dealkylation sites (tertiary alicyclic amines) is 1. The van der Waals surface area contributed by atoms with Gasteiger partial charge in [-0.15, -0.1) is 23.2 Å². The Balaban J connectivity index is 1.45. The molecule has 6 heteroatoms. The van der Waals surface area contributed by atoms with Crippen molar-refractivity contribution in [2.45, 2.75) is 43.1 Å². The third-order valence-corrected chi connectivity index (χ3v) is 6.35. The average Bonchev–Trinajstić information content (AvgIpc) is 3.03. The van der Waals surface area contributed by atoms with Crippen LogP contribution in [0.5, 0.6) is 0 Å². The van der Waals surface area contributed by atoms with Crippen LogP contribution in [0.3, 0.4) is 0 Å². The molecule has 0 aromatic heterocycles. The fraction of sp³-hybridized carbons (Fsp3) is 0.588. The highest BCUT2D eigenvalue weighted by Crippen LogP contribution is 2.63. The lowest BCUT2D eigenvalue weighted by Crippen LogP contribution is -2.46. The molecule has 1 aromatic rings. The summed E-state index contributed by atoms with van der Waals surface area (Å²) >= 11 is 18.1. The van der Waals surface area contributed by atoms with E-state index < -0.39 is 9.75 Å². The number of alkyl halides is 2. The quantitative estimate of drug-likeness (QED) is 0.807. The van der Waals surface area contributed by atoms with Gasteiger partial charge in [0.25, 0.3) is 0 Å². The standard InChI is InChI=1S/C17H21Cl3N2O/c1-16(11-17(16,19)20)15(23)21-14-6-8-22(9-7-14)10-12-2-4-13(18)5-3-12/h2-5,14H,6-11H2,1H3,(H,21,23). The monoisotopic (exact) mass is 374 g/mol. The van der Waals surface area contributed by atoms with Gasteiger partial charge in [-0.1, -0.05) is 23.7 Å².